The number of benzene rings is 1. The molecule has 0 aliphatic rings. The average molecular weight is 329 g/mol. The lowest BCUT2D eigenvalue weighted by atomic mass is 10.2. The monoisotopic (exact) mass is 329 g/mol. The van der Waals surface area contributed by atoms with Crippen molar-refractivity contribution < 1.29 is 13.9 Å². The Balaban J connectivity index is 1.96. The molecule has 0 atom stereocenters. The highest BCUT2D eigenvalue weighted by Crippen LogP contribution is 2.25. The van der Waals surface area contributed by atoms with Crippen LogP contribution in [-0.2, 0) is 6.54 Å². The van der Waals surface area contributed by atoms with Crippen molar-refractivity contribution in [2.45, 2.75) is 6.54 Å². The number of hydrogen-bond donors (Lipinski definition) is 1. The van der Waals surface area contributed by atoms with Gasteiger partial charge in [0.05, 0.1) is 27.0 Å². The van der Waals surface area contributed by atoms with Crippen LogP contribution in [-0.4, -0.2) is 34.0 Å². The lowest BCUT2D eigenvalue weighted by Crippen LogP contribution is -2.06. The summed E-state index contributed by atoms with van der Waals surface area (Å²) in [5, 5.41) is 4.39. The molecule has 0 spiro atoms. The van der Waals surface area contributed by atoms with Gasteiger partial charge in [-0.25, -0.2) is 19.0 Å². The van der Waals surface area contributed by atoms with Crippen molar-refractivity contribution >= 4 is 5.82 Å². The molecule has 1 aromatic carbocycles. The molecule has 2 aromatic heterocycles. The fourth-order valence-electron chi connectivity index (χ4n) is 2.24. The quantitative estimate of drug-likeness (QED) is 0.771. The van der Waals surface area contributed by atoms with Gasteiger partial charge in [0.1, 0.15) is 11.5 Å². The van der Waals surface area contributed by atoms with Crippen molar-refractivity contribution in [3.63, 3.8) is 0 Å². The van der Waals surface area contributed by atoms with Gasteiger partial charge in [0.25, 0.3) is 0 Å². The third kappa shape index (κ3) is 2.98. The zero-order valence-electron chi connectivity index (χ0n) is 13.2. The minimum Gasteiger partial charge on any atom is -0.491 e. The molecule has 8 heteroatoms. The van der Waals surface area contributed by atoms with Crippen LogP contribution in [0.15, 0.2) is 36.5 Å². The second-order valence-corrected chi connectivity index (χ2v) is 4.97. The van der Waals surface area contributed by atoms with E-state index >= 15 is 0 Å². The van der Waals surface area contributed by atoms with Gasteiger partial charge in [-0.15, -0.1) is 0 Å². The van der Waals surface area contributed by atoms with E-state index in [2.05, 4.69) is 15.1 Å². The molecule has 124 valence electrons. The average Bonchev–Trinajstić information content (AvgIpc) is 3.00. The predicted molar refractivity (Wildman–Crippen MR) is 86.3 cm³/mol. The lowest BCUT2D eigenvalue weighted by molar-refractivity contribution is 0.365. The highest BCUT2D eigenvalue weighted by atomic mass is 19.1. The Labute approximate surface area is 137 Å². The number of nitrogens with two attached hydrogens (primary N) is 1. The number of rotatable bonds is 5. The summed E-state index contributed by atoms with van der Waals surface area (Å²) in [6.07, 6.45) is 1.47. The summed E-state index contributed by atoms with van der Waals surface area (Å²) in [6.45, 7) is 0.224. The van der Waals surface area contributed by atoms with Crippen LogP contribution in [0.5, 0.6) is 11.6 Å². The summed E-state index contributed by atoms with van der Waals surface area (Å²) in [5.41, 5.74) is 6.77. The molecule has 0 saturated heterocycles. The largest absolute Gasteiger partial charge is 0.491 e. The Morgan fingerprint density at radius 3 is 2.67 bits per heavy atom. The first kappa shape index (κ1) is 15.7. The van der Waals surface area contributed by atoms with Gasteiger partial charge >= 0.3 is 0 Å². The molecule has 24 heavy (non-hydrogen) atoms. The molecule has 0 amide bonds. The first-order valence-electron chi connectivity index (χ1n) is 7.14. The molecule has 0 fully saturated rings. The van der Waals surface area contributed by atoms with Gasteiger partial charge in [-0.1, -0.05) is 18.2 Å². The van der Waals surface area contributed by atoms with Crippen LogP contribution in [0.4, 0.5) is 10.2 Å². The standard InChI is InChI=1S/C16H16FN5O2/c1-23-13-8-19-16(20-15(13)18)12-7-14(24-2)22(21-12)9-10-5-3-4-6-11(10)17/h3-8H,9H2,1-2H3,(H2,18,19,20). The number of hydrogen-bond acceptors (Lipinski definition) is 6. The van der Waals surface area contributed by atoms with Gasteiger partial charge in [-0.05, 0) is 6.07 Å². The van der Waals surface area contributed by atoms with Gasteiger partial charge in [-0.3, -0.25) is 0 Å². The van der Waals surface area contributed by atoms with Gasteiger partial charge in [-0.2, -0.15) is 5.10 Å². The molecule has 2 N–H and O–H groups in total. The van der Waals surface area contributed by atoms with E-state index in [1.807, 2.05) is 0 Å². The molecule has 0 radical (unpaired) electrons. The molecule has 2 heterocycles. The summed E-state index contributed by atoms with van der Waals surface area (Å²) in [4.78, 5) is 8.34. The van der Waals surface area contributed by atoms with Gasteiger partial charge in [0, 0.05) is 11.6 Å². The number of nitrogens with zero attached hydrogens (tertiary/aromatic N) is 4. The van der Waals surface area contributed by atoms with E-state index in [4.69, 9.17) is 15.2 Å². The summed E-state index contributed by atoms with van der Waals surface area (Å²) in [7, 11) is 3.00. The van der Waals surface area contributed by atoms with Crippen LogP contribution in [0.1, 0.15) is 5.56 Å². The van der Waals surface area contributed by atoms with Crippen LogP contribution >= 0.6 is 0 Å². The molecule has 7 nitrogen and oxygen atoms in total. The summed E-state index contributed by atoms with van der Waals surface area (Å²) < 4.78 is 25.7. The highest BCUT2D eigenvalue weighted by molar-refractivity contribution is 5.56. The van der Waals surface area contributed by atoms with Crippen molar-refractivity contribution in [2.75, 3.05) is 20.0 Å². The SMILES string of the molecule is COc1cnc(-c2cc(OC)n(Cc3ccccc3F)n2)nc1N. The number of methoxy groups -OCH3 is 2. The molecule has 0 bridgehead atoms. The fraction of sp³-hybridized carbons (Fsp3) is 0.188. The molecule has 0 aliphatic carbocycles. The smallest absolute Gasteiger partial charge is 0.212 e. The third-order valence-electron chi connectivity index (χ3n) is 3.46. The maximum Gasteiger partial charge on any atom is 0.212 e. The van der Waals surface area contributed by atoms with E-state index < -0.39 is 0 Å². The maximum atomic E-state index is 13.8. The number of halogens is 1. The first-order valence-corrected chi connectivity index (χ1v) is 7.14. The van der Waals surface area contributed by atoms with E-state index in [0.717, 1.165) is 0 Å². The van der Waals surface area contributed by atoms with Crippen molar-refractivity contribution in [3.8, 4) is 23.1 Å². The molecule has 3 rings (SSSR count). The van der Waals surface area contributed by atoms with E-state index in [1.54, 1.807) is 24.3 Å². The second kappa shape index (κ2) is 6.53. The van der Waals surface area contributed by atoms with Crippen LogP contribution in [0.25, 0.3) is 11.5 Å². The van der Waals surface area contributed by atoms with Crippen LogP contribution in [0.3, 0.4) is 0 Å². The van der Waals surface area contributed by atoms with E-state index in [9.17, 15) is 4.39 Å². The Bertz CT molecular complexity index is 865. The minimum absolute atomic E-state index is 0.213. The number of ether oxygens (including phenoxy) is 2. The topological polar surface area (TPSA) is 88.1 Å². The Morgan fingerprint density at radius 2 is 2.00 bits per heavy atom. The zero-order chi connectivity index (χ0) is 17.1. The van der Waals surface area contributed by atoms with Gasteiger partial charge in [0.15, 0.2) is 17.4 Å². The van der Waals surface area contributed by atoms with E-state index in [-0.39, 0.29) is 18.2 Å². The fourth-order valence-corrected chi connectivity index (χ4v) is 2.24. The predicted octanol–water partition coefficient (Wildman–Crippen LogP) is 2.13. The summed E-state index contributed by atoms with van der Waals surface area (Å²) in [5.74, 6) is 1.09. The highest BCUT2D eigenvalue weighted by Gasteiger charge is 2.15. The molecular weight excluding hydrogens is 313 g/mol. The molecule has 0 saturated carbocycles. The summed E-state index contributed by atoms with van der Waals surface area (Å²) >= 11 is 0. The van der Waals surface area contributed by atoms with E-state index in [1.165, 1.54) is 31.2 Å². The Morgan fingerprint density at radius 1 is 1.21 bits per heavy atom. The van der Waals surface area contributed by atoms with Crippen LogP contribution < -0.4 is 15.2 Å². The van der Waals surface area contributed by atoms with Crippen molar-refractivity contribution in [1.29, 1.82) is 0 Å². The Hall–Kier alpha value is -3.16. The van der Waals surface area contributed by atoms with Crippen molar-refractivity contribution in [2.24, 2.45) is 0 Å². The second-order valence-electron chi connectivity index (χ2n) is 4.97. The van der Waals surface area contributed by atoms with Gasteiger partial charge in [0.2, 0.25) is 5.88 Å². The molecule has 0 aliphatic heterocycles. The van der Waals surface area contributed by atoms with Crippen LogP contribution in [0.2, 0.25) is 0 Å². The Kier molecular flexibility index (Phi) is 4.28. The third-order valence-corrected chi connectivity index (χ3v) is 3.46. The number of anilines is 1. The molecule has 0 unspecified atom stereocenters. The minimum atomic E-state index is -0.304. The van der Waals surface area contributed by atoms with Crippen molar-refractivity contribution in [1.82, 2.24) is 19.7 Å². The summed E-state index contributed by atoms with van der Waals surface area (Å²) in [6, 6.07) is 8.17. The van der Waals surface area contributed by atoms with Gasteiger partial charge < -0.3 is 15.2 Å². The van der Waals surface area contributed by atoms with Crippen LogP contribution in [0, 0.1) is 5.82 Å². The number of aromatic nitrogens is 4. The van der Waals surface area contributed by atoms with E-state index in [0.29, 0.717) is 28.7 Å². The van der Waals surface area contributed by atoms with Crippen molar-refractivity contribution in [3.05, 3.63) is 47.9 Å². The lowest BCUT2D eigenvalue weighted by Gasteiger charge is -2.06. The zero-order valence-corrected chi connectivity index (χ0v) is 13.2. The molecule has 3 aromatic rings. The normalized spacial score (nSPS) is 10.6. The first-order chi connectivity index (χ1) is 11.6. The number of nitrogen functional groups attached to an aromatic ring is 1. The maximum absolute atomic E-state index is 13.8. The molecular formula is C16H16FN5O2.